The first-order valence-corrected chi connectivity index (χ1v) is 26.8. The van der Waals surface area contributed by atoms with Crippen molar-refractivity contribution >= 4 is 23.5 Å². The number of likely N-dealkylation sites (N-methyl/N-ethyl adjacent to an activating group) is 1. The number of amides is 3. The molecule has 0 radical (unpaired) electrons. The van der Waals surface area contributed by atoms with Crippen molar-refractivity contribution in [1.29, 1.82) is 0 Å². The lowest BCUT2D eigenvalue weighted by molar-refractivity contribution is -0.136. The van der Waals surface area contributed by atoms with E-state index in [1.807, 2.05) is 19.0 Å². The summed E-state index contributed by atoms with van der Waals surface area (Å²) in [7, 11) is 5.91. The maximum absolute atomic E-state index is 11.4. The molecule has 0 aromatic carbocycles. The highest BCUT2D eigenvalue weighted by molar-refractivity contribution is 5.80. The zero-order valence-corrected chi connectivity index (χ0v) is 49.0. The number of nitrogens with one attached hydrogen (secondary N) is 2. The van der Waals surface area contributed by atoms with Gasteiger partial charge in [0.05, 0.1) is 13.1 Å². The van der Waals surface area contributed by atoms with Crippen molar-refractivity contribution in [3.05, 3.63) is 24.6 Å². The van der Waals surface area contributed by atoms with Gasteiger partial charge in [0, 0.05) is 109 Å². The van der Waals surface area contributed by atoms with E-state index >= 15 is 0 Å². The molecule has 6 fully saturated rings. The van der Waals surface area contributed by atoms with Gasteiger partial charge in [0.15, 0.2) is 0 Å². The van der Waals surface area contributed by atoms with Crippen molar-refractivity contribution in [1.82, 2.24) is 35.1 Å². The molecule has 5 heterocycles. The molecular formula is C58H111N7O4. The quantitative estimate of drug-likeness (QED) is 0.247. The largest absolute Gasteiger partial charge is 0.389 e. The molecule has 69 heavy (non-hydrogen) atoms. The number of hydrogen-bond donors (Lipinski definition) is 2. The van der Waals surface area contributed by atoms with Crippen LogP contribution in [0.5, 0.6) is 0 Å². The molecule has 1 aliphatic carbocycles. The van der Waals surface area contributed by atoms with Crippen molar-refractivity contribution in [2.24, 2.45) is 45.3 Å². The summed E-state index contributed by atoms with van der Waals surface area (Å²) in [5.41, 5.74) is 4.28. The van der Waals surface area contributed by atoms with Crippen LogP contribution in [0.3, 0.4) is 0 Å². The fraction of sp³-hybridized carbons (Fsp3) is 0.862. The average Bonchev–Trinajstić information content (AvgIpc) is 3.20. The van der Waals surface area contributed by atoms with E-state index in [1.165, 1.54) is 43.6 Å². The lowest BCUT2D eigenvalue weighted by atomic mass is 9.72. The van der Waals surface area contributed by atoms with Crippen LogP contribution in [0.1, 0.15) is 189 Å². The van der Waals surface area contributed by atoms with Crippen molar-refractivity contribution in [3.63, 3.8) is 0 Å². The third kappa shape index (κ3) is 24.9. The number of ketones is 1. The highest BCUT2D eigenvalue weighted by Gasteiger charge is 2.33. The van der Waals surface area contributed by atoms with Crippen LogP contribution in [0.2, 0.25) is 0 Å². The predicted octanol–water partition coefficient (Wildman–Crippen LogP) is 10.9. The second-order valence-electron chi connectivity index (χ2n) is 27.6. The summed E-state index contributed by atoms with van der Waals surface area (Å²) in [6.45, 7) is 56.0. The number of hydrogen-bond acceptors (Lipinski definition) is 8. The Bertz CT molecular complexity index is 1540. The number of Topliss-reactive ketones (excluding diaryl/α,β-unsaturated/α-hetero) is 1. The SMILES string of the molecule is C=C1CCC(C(C)(C)C)CN1.C=C1CCC(C(C)(C)C)CN1C.CC(C)(C)C1CCCC(=O)C1.CC(C)(C)N1CCNC(=O)C1.CN1CCC(C(C)(C)C)CC1=O.CN1CCN(C(C)(C)C)CC1=O. The summed E-state index contributed by atoms with van der Waals surface area (Å²) in [6, 6.07) is 0. The van der Waals surface area contributed by atoms with Crippen LogP contribution >= 0.6 is 0 Å². The topological polar surface area (TPSA) is 109 Å². The first kappa shape index (κ1) is 64.1. The second-order valence-corrected chi connectivity index (χ2v) is 27.6. The van der Waals surface area contributed by atoms with Gasteiger partial charge in [0.1, 0.15) is 5.78 Å². The van der Waals surface area contributed by atoms with Gasteiger partial charge >= 0.3 is 0 Å². The van der Waals surface area contributed by atoms with E-state index in [0.717, 1.165) is 89.6 Å². The Morgan fingerprint density at radius 2 is 0.971 bits per heavy atom. The Morgan fingerprint density at radius 1 is 0.478 bits per heavy atom. The molecule has 4 atom stereocenters. The molecule has 0 spiro atoms. The minimum atomic E-state index is 0.122. The first-order valence-electron chi connectivity index (χ1n) is 26.8. The Balaban J connectivity index is 0.000000414. The van der Waals surface area contributed by atoms with Crippen LogP contribution in [0, 0.1) is 45.3 Å². The highest BCUT2D eigenvalue weighted by atomic mass is 16.2. The lowest BCUT2D eigenvalue weighted by Gasteiger charge is -2.40. The number of likely N-dealkylation sites (tertiary alicyclic amines) is 2. The zero-order valence-electron chi connectivity index (χ0n) is 49.0. The van der Waals surface area contributed by atoms with Gasteiger partial charge in [-0.1, -0.05) is 96.2 Å². The Labute approximate surface area is 426 Å². The monoisotopic (exact) mass is 970 g/mol. The van der Waals surface area contributed by atoms with Gasteiger partial charge in [-0.3, -0.25) is 29.0 Å². The van der Waals surface area contributed by atoms with Crippen LogP contribution in [0.25, 0.3) is 0 Å². The minimum Gasteiger partial charge on any atom is -0.389 e. The van der Waals surface area contributed by atoms with Crippen LogP contribution in [0.4, 0.5) is 0 Å². The molecule has 11 nitrogen and oxygen atoms in total. The summed E-state index contributed by atoms with van der Waals surface area (Å²) in [5, 5.41) is 6.15. The standard InChI is InChI=1S/C11H21N.C10H19NO.C10H19N.C10H18O.C9H18N2O.C8H16N2O/c1-9-6-7-10(8-12(9)5)11(2,3)4;1-10(2,3)8-5-6-11(4)9(12)7-8;1-8-5-6-9(7-11-8)10(2,3)4;1-10(2,3)8-5-4-6-9(11)7-8;1-9(2,3)11-6-5-10(4)8(12)7-11;1-8(2,3)10-5-4-9-7(11)6-10/h10H,1,6-8H2,2-5H3;8H,5-7H2,1-4H3;9,11H,1,5-7H2,2-4H3;8H,4-7H2,1-3H3;5-7H2,1-4H3;4-6H2,1-3H3,(H,9,11). The third-order valence-electron chi connectivity index (χ3n) is 15.6. The first-order chi connectivity index (χ1) is 31.2. The molecule has 11 heteroatoms. The van der Waals surface area contributed by atoms with Gasteiger partial charge in [-0.2, -0.15) is 0 Å². The Kier molecular flexibility index (Phi) is 25.3. The van der Waals surface area contributed by atoms with E-state index in [9.17, 15) is 19.2 Å². The predicted molar refractivity (Wildman–Crippen MR) is 293 cm³/mol. The smallest absolute Gasteiger partial charge is 0.236 e. The van der Waals surface area contributed by atoms with Crippen LogP contribution < -0.4 is 10.6 Å². The second kappa shape index (κ2) is 27.2. The summed E-state index contributed by atoms with van der Waals surface area (Å²) in [4.78, 5) is 55.1. The summed E-state index contributed by atoms with van der Waals surface area (Å²) in [6.07, 6.45) is 10.8. The van der Waals surface area contributed by atoms with Gasteiger partial charge in [0.2, 0.25) is 17.7 Å². The molecule has 0 aromatic rings. The Morgan fingerprint density at radius 3 is 1.36 bits per heavy atom. The van der Waals surface area contributed by atoms with E-state index in [2.05, 4.69) is 170 Å². The molecule has 6 aliphatic rings. The maximum atomic E-state index is 11.4. The number of carbonyl (C=O) groups is 4. The van der Waals surface area contributed by atoms with E-state index in [0.29, 0.717) is 52.9 Å². The number of allylic oxidation sites excluding steroid dienone is 2. The molecule has 6 rings (SSSR count). The highest BCUT2D eigenvalue weighted by Crippen LogP contribution is 2.38. The molecule has 1 saturated carbocycles. The van der Waals surface area contributed by atoms with Gasteiger partial charge < -0.3 is 25.3 Å². The summed E-state index contributed by atoms with van der Waals surface area (Å²) >= 11 is 0. The van der Waals surface area contributed by atoms with Crippen molar-refractivity contribution < 1.29 is 19.2 Å². The number of rotatable bonds is 0. The Hall–Kier alpha value is -2.92. The average molecular weight is 971 g/mol. The molecule has 3 amide bonds. The van der Waals surface area contributed by atoms with Crippen LogP contribution in [-0.4, -0.2) is 139 Å². The van der Waals surface area contributed by atoms with Gasteiger partial charge in [-0.25, -0.2) is 0 Å². The molecule has 2 N–H and O–H groups in total. The van der Waals surface area contributed by atoms with E-state index in [1.54, 1.807) is 4.90 Å². The van der Waals surface area contributed by atoms with Crippen molar-refractivity contribution in [2.45, 2.75) is 200 Å². The zero-order chi connectivity index (χ0) is 53.5. The normalized spacial score (nSPS) is 24.9. The lowest BCUT2D eigenvalue weighted by Crippen LogP contribution is -2.55. The molecule has 5 aliphatic heterocycles. The maximum Gasteiger partial charge on any atom is 0.236 e. The van der Waals surface area contributed by atoms with Crippen molar-refractivity contribution in [3.8, 4) is 0 Å². The number of carbonyl (C=O) groups excluding carboxylic acids is 4. The molecular weight excluding hydrogens is 859 g/mol. The fourth-order valence-corrected chi connectivity index (χ4v) is 9.32. The summed E-state index contributed by atoms with van der Waals surface area (Å²) < 4.78 is 0. The van der Waals surface area contributed by atoms with Crippen LogP contribution in [0.15, 0.2) is 24.6 Å². The minimum absolute atomic E-state index is 0.122. The third-order valence-corrected chi connectivity index (χ3v) is 15.6. The van der Waals surface area contributed by atoms with E-state index in [4.69, 9.17) is 0 Å². The fourth-order valence-electron chi connectivity index (χ4n) is 9.32. The van der Waals surface area contributed by atoms with Gasteiger partial charge in [0.25, 0.3) is 0 Å². The van der Waals surface area contributed by atoms with Crippen molar-refractivity contribution in [2.75, 3.05) is 80.0 Å². The van der Waals surface area contributed by atoms with Crippen LogP contribution in [-0.2, 0) is 19.2 Å². The van der Waals surface area contributed by atoms with Gasteiger partial charge in [-0.05, 0) is 132 Å². The number of piperidine rings is 3. The molecule has 0 aromatic heterocycles. The van der Waals surface area contributed by atoms with E-state index < -0.39 is 0 Å². The number of nitrogens with zero attached hydrogens (tertiary/aromatic N) is 5. The number of piperazine rings is 2. The molecule has 4 unspecified atom stereocenters. The molecule has 402 valence electrons. The molecule has 5 saturated heterocycles. The van der Waals surface area contributed by atoms with Gasteiger partial charge in [-0.15, -0.1) is 0 Å². The summed E-state index contributed by atoms with van der Waals surface area (Å²) in [5.74, 6) is 3.99. The molecule has 0 bridgehead atoms. The van der Waals surface area contributed by atoms with E-state index in [-0.39, 0.29) is 28.3 Å².